The van der Waals surface area contributed by atoms with Crippen LogP contribution in [0.1, 0.15) is 66.7 Å². The largest absolute Gasteiger partial charge is 0.297 e. The van der Waals surface area contributed by atoms with E-state index in [-0.39, 0.29) is 17.0 Å². The molecule has 3 nitrogen and oxygen atoms in total. The molecule has 1 aliphatic rings. The predicted octanol–water partition coefficient (Wildman–Crippen LogP) is 2.91. The summed E-state index contributed by atoms with van der Waals surface area (Å²) in [5, 5.41) is 0. The molecular formula is C17H33N3. The van der Waals surface area contributed by atoms with Crippen LogP contribution in [0.2, 0.25) is 0 Å². The molecule has 0 aliphatic heterocycles. The first-order valence-corrected chi connectivity index (χ1v) is 8.11. The van der Waals surface area contributed by atoms with Gasteiger partial charge >= 0.3 is 0 Å². The van der Waals surface area contributed by atoms with E-state index in [0.29, 0.717) is 0 Å². The minimum absolute atomic E-state index is 0.0667. The molecule has 0 amide bonds. The summed E-state index contributed by atoms with van der Waals surface area (Å²) in [6, 6.07) is 0.264. The molecule has 3 N–H and O–H groups in total. The van der Waals surface area contributed by atoms with Crippen molar-refractivity contribution in [1.82, 2.24) is 10.3 Å². The van der Waals surface area contributed by atoms with Crippen LogP contribution < -0.4 is 11.3 Å². The predicted molar refractivity (Wildman–Crippen MR) is 87.1 cm³/mol. The van der Waals surface area contributed by atoms with Gasteiger partial charge in [0.15, 0.2) is 0 Å². The highest BCUT2D eigenvalue weighted by Crippen LogP contribution is 2.38. The number of hydrazine groups is 1. The second-order valence-corrected chi connectivity index (χ2v) is 6.96. The van der Waals surface area contributed by atoms with Crippen molar-refractivity contribution in [2.45, 2.75) is 78.3 Å². The van der Waals surface area contributed by atoms with Crippen LogP contribution in [0.5, 0.6) is 0 Å². The van der Waals surface area contributed by atoms with E-state index in [0.717, 1.165) is 19.5 Å². The molecule has 20 heavy (non-hydrogen) atoms. The number of likely N-dealkylation sites (N-methyl/N-ethyl adjacent to an activating group) is 1. The minimum atomic E-state index is 0.0667. The lowest BCUT2D eigenvalue weighted by atomic mass is 9.84. The van der Waals surface area contributed by atoms with Crippen LogP contribution >= 0.6 is 0 Å². The van der Waals surface area contributed by atoms with Crippen LogP contribution in [0.15, 0.2) is 0 Å². The summed E-state index contributed by atoms with van der Waals surface area (Å²) < 4.78 is 0. The lowest BCUT2D eigenvalue weighted by Crippen LogP contribution is -2.61. The number of nitrogens with two attached hydrogens (primary N) is 1. The Morgan fingerprint density at radius 3 is 2.15 bits per heavy atom. The summed E-state index contributed by atoms with van der Waals surface area (Å²) in [4.78, 5) is 2.59. The zero-order valence-electron chi connectivity index (χ0n) is 14.1. The Kier molecular flexibility index (Phi) is 6.51. The third-order valence-corrected chi connectivity index (χ3v) is 4.48. The van der Waals surface area contributed by atoms with E-state index >= 15 is 0 Å². The van der Waals surface area contributed by atoms with Crippen LogP contribution in [0.25, 0.3) is 0 Å². The third kappa shape index (κ3) is 4.22. The van der Waals surface area contributed by atoms with Gasteiger partial charge in [0.1, 0.15) is 0 Å². The molecule has 1 saturated carbocycles. The van der Waals surface area contributed by atoms with Crippen LogP contribution in [-0.4, -0.2) is 29.6 Å². The summed E-state index contributed by atoms with van der Waals surface area (Å²) >= 11 is 0. The van der Waals surface area contributed by atoms with Crippen LogP contribution in [0, 0.1) is 17.3 Å². The highest BCUT2D eigenvalue weighted by Gasteiger charge is 2.44. The van der Waals surface area contributed by atoms with Crippen molar-refractivity contribution in [3.05, 3.63) is 0 Å². The van der Waals surface area contributed by atoms with Gasteiger partial charge in [-0.05, 0) is 46.7 Å². The quantitative estimate of drug-likeness (QED) is 0.446. The standard InChI is InChI=1S/C17H33N3/c1-6-20(7-2)17(13-8-9-14-17)15(19-18)11-10-12-16(3,4)5/h15,19H,6-9,11,13-14,18H2,1-5H3. The van der Waals surface area contributed by atoms with Crippen LogP contribution in [-0.2, 0) is 0 Å². The Labute approximate surface area is 125 Å². The summed E-state index contributed by atoms with van der Waals surface area (Å²) in [5.74, 6) is 12.6. The summed E-state index contributed by atoms with van der Waals surface area (Å²) in [5.41, 5.74) is 3.34. The van der Waals surface area contributed by atoms with Crippen molar-refractivity contribution < 1.29 is 0 Å². The molecule has 0 heterocycles. The Hall–Kier alpha value is -0.560. The van der Waals surface area contributed by atoms with E-state index in [2.05, 4.69) is 56.8 Å². The van der Waals surface area contributed by atoms with Gasteiger partial charge < -0.3 is 0 Å². The number of rotatable bonds is 6. The normalized spacial score (nSPS) is 19.8. The maximum absolute atomic E-state index is 5.89. The first-order valence-electron chi connectivity index (χ1n) is 8.11. The second kappa shape index (κ2) is 7.45. The smallest absolute Gasteiger partial charge is 0.0503 e. The fourth-order valence-corrected chi connectivity index (χ4v) is 3.55. The lowest BCUT2D eigenvalue weighted by Gasteiger charge is -2.45. The maximum atomic E-state index is 5.89. The van der Waals surface area contributed by atoms with Crippen molar-refractivity contribution in [1.29, 1.82) is 0 Å². The average Bonchev–Trinajstić information content (AvgIpc) is 2.85. The van der Waals surface area contributed by atoms with E-state index in [1.54, 1.807) is 0 Å². The SMILES string of the molecule is CCN(CC)C1(C(CC#CC(C)(C)C)NN)CCCC1. The molecule has 0 aromatic rings. The minimum Gasteiger partial charge on any atom is -0.297 e. The zero-order chi connectivity index (χ0) is 15.2. The van der Waals surface area contributed by atoms with E-state index in [1.807, 2.05) is 0 Å². The maximum Gasteiger partial charge on any atom is 0.0503 e. The lowest BCUT2D eigenvalue weighted by molar-refractivity contribution is 0.0647. The van der Waals surface area contributed by atoms with Gasteiger partial charge in [0.25, 0.3) is 0 Å². The molecule has 3 heteroatoms. The van der Waals surface area contributed by atoms with Crippen molar-refractivity contribution in [2.75, 3.05) is 13.1 Å². The average molecular weight is 279 g/mol. The number of nitrogens with zero attached hydrogens (tertiary/aromatic N) is 1. The summed E-state index contributed by atoms with van der Waals surface area (Å²) in [7, 11) is 0. The Morgan fingerprint density at radius 2 is 1.75 bits per heavy atom. The van der Waals surface area contributed by atoms with Gasteiger partial charge in [0, 0.05) is 17.4 Å². The van der Waals surface area contributed by atoms with E-state index in [9.17, 15) is 0 Å². The number of hydrogen-bond donors (Lipinski definition) is 2. The molecule has 1 fully saturated rings. The Morgan fingerprint density at radius 1 is 1.20 bits per heavy atom. The Balaban J connectivity index is 2.89. The van der Waals surface area contributed by atoms with Crippen LogP contribution in [0.4, 0.5) is 0 Å². The Bertz CT molecular complexity index is 335. The van der Waals surface area contributed by atoms with Gasteiger partial charge in [0.05, 0.1) is 6.04 Å². The molecule has 0 aromatic carbocycles. The number of nitrogens with one attached hydrogen (secondary N) is 1. The molecule has 0 bridgehead atoms. The third-order valence-electron chi connectivity index (χ3n) is 4.48. The highest BCUT2D eigenvalue weighted by atomic mass is 15.3. The molecule has 1 rings (SSSR count). The molecule has 0 radical (unpaired) electrons. The van der Waals surface area contributed by atoms with Crippen molar-refractivity contribution in [3.63, 3.8) is 0 Å². The fraction of sp³-hybridized carbons (Fsp3) is 0.882. The van der Waals surface area contributed by atoms with Gasteiger partial charge in [-0.2, -0.15) is 0 Å². The van der Waals surface area contributed by atoms with Gasteiger partial charge in [0.2, 0.25) is 0 Å². The molecule has 1 unspecified atom stereocenters. The van der Waals surface area contributed by atoms with E-state index < -0.39 is 0 Å². The van der Waals surface area contributed by atoms with Crippen molar-refractivity contribution in [2.24, 2.45) is 11.3 Å². The number of hydrogen-bond acceptors (Lipinski definition) is 3. The fourth-order valence-electron chi connectivity index (χ4n) is 3.55. The zero-order valence-corrected chi connectivity index (χ0v) is 14.1. The molecule has 1 atom stereocenters. The summed E-state index contributed by atoms with van der Waals surface area (Å²) in [6.45, 7) is 13.1. The monoisotopic (exact) mass is 279 g/mol. The molecule has 0 saturated heterocycles. The molecule has 0 spiro atoms. The molecular weight excluding hydrogens is 246 g/mol. The van der Waals surface area contributed by atoms with Crippen molar-refractivity contribution >= 4 is 0 Å². The van der Waals surface area contributed by atoms with E-state index in [4.69, 9.17) is 5.84 Å². The van der Waals surface area contributed by atoms with Gasteiger partial charge in [-0.1, -0.05) is 32.6 Å². The first kappa shape index (κ1) is 17.5. The second-order valence-electron chi connectivity index (χ2n) is 6.96. The van der Waals surface area contributed by atoms with Gasteiger partial charge in [-0.15, -0.1) is 5.92 Å². The molecule has 0 aromatic heterocycles. The van der Waals surface area contributed by atoms with Gasteiger partial charge in [-0.25, -0.2) is 0 Å². The molecule has 116 valence electrons. The highest BCUT2D eigenvalue weighted by molar-refractivity contribution is 5.13. The first-order chi connectivity index (χ1) is 9.39. The molecule has 1 aliphatic carbocycles. The topological polar surface area (TPSA) is 41.3 Å². The van der Waals surface area contributed by atoms with Crippen LogP contribution in [0.3, 0.4) is 0 Å². The summed E-state index contributed by atoms with van der Waals surface area (Å²) in [6.07, 6.45) is 5.93. The van der Waals surface area contributed by atoms with Crippen molar-refractivity contribution in [3.8, 4) is 11.8 Å². The van der Waals surface area contributed by atoms with Gasteiger partial charge in [-0.3, -0.25) is 16.2 Å². The van der Waals surface area contributed by atoms with E-state index in [1.165, 1.54) is 25.7 Å².